The fraction of sp³-hybridized carbons (Fsp3) is 0.636. The van der Waals surface area contributed by atoms with Crippen molar-refractivity contribution in [2.24, 2.45) is 0 Å². The van der Waals surface area contributed by atoms with Crippen LogP contribution in [0.2, 0.25) is 0 Å². The highest BCUT2D eigenvalue weighted by atomic mass is 15.1. The Morgan fingerprint density at radius 2 is 2.13 bits per heavy atom. The third-order valence-electron chi connectivity index (χ3n) is 2.12. The average molecular weight is 208 g/mol. The lowest BCUT2D eigenvalue weighted by atomic mass is 10.2. The topological polar surface area (TPSA) is 49.8 Å². The van der Waals surface area contributed by atoms with Gasteiger partial charge in [-0.15, -0.1) is 0 Å². The number of nitrogens with one attached hydrogen (secondary N) is 2. The van der Waals surface area contributed by atoms with Gasteiger partial charge < -0.3 is 10.6 Å². The van der Waals surface area contributed by atoms with Gasteiger partial charge in [0.15, 0.2) is 0 Å². The van der Waals surface area contributed by atoms with Gasteiger partial charge in [-0.25, -0.2) is 9.97 Å². The first kappa shape index (κ1) is 11.9. The lowest BCUT2D eigenvalue weighted by Crippen LogP contribution is -2.22. The highest BCUT2D eigenvalue weighted by Crippen LogP contribution is 2.06. The van der Waals surface area contributed by atoms with Crippen molar-refractivity contribution in [3.05, 3.63) is 17.5 Å². The predicted octanol–water partition coefficient (Wildman–Crippen LogP) is 1.71. The van der Waals surface area contributed by atoms with E-state index in [4.69, 9.17) is 0 Å². The monoisotopic (exact) mass is 208 g/mol. The van der Waals surface area contributed by atoms with Gasteiger partial charge >= 0.3 is 0 Å². The molecule has 0 saturated carbocycles. The Kier molecular flexibility index (Phi) is 4.49. The standard InChI is InChI=1S/C11H20N4/c1-5-12-11-14-7-10(9(4)15-11)6-13-8(2)3/h7-8,13H,5-6H2,1-4H3,(H,12,14,15). The van der Waals surface area contributed by atoms with E-state index in [2.05, 4.69) is 34.4 Å². The minimum atomic E-state index is 0.484. The Labute approximate surface area is 91.5 Å². The molecule has 0 atom stereocenters. The third kappa shape index (κ3) is 3.83. The molecule has 0 aliphatic heterocycles. The number of rotatable bonds is 5. The van der Waals surface area contributed by atoms with Crippen LogP contribution in [0.25, 0.3) is 0 Å². The smallest absolute Gasteiger partial charge is 0.222 e. The molecule has 15 heavy (non-hydrogen) atoms. The third-order valence-corrected chi connectivity index (χ3v) is 2.12. The van der Waals surface area contributed by atoms with Gasteiger partial charge in [0.1, 0.15) is 0 Å². The van der Waals surface area contributed by atoms with Crippen molar-refractivity contribution in [2.75, 3.05) is 11.9 Å². The van der Waals surface area contributed by atoms with Crippen LogP contribution in [0.15, 0.2) is 6.20 Å². The van der Waals surface area contributed by atoms with Gasteiger partial charge in [-0.3, -0.25) is 0 Å². The van der Waals surface area contributed by atoms with Crippen molar-refractivity contribution in [3.63, 3.8) is 0 Å². The Balaban J connectivity index is 2.66. The molecule has 0 aromatic carbocycles. The molecular formula is C11H20N4. The summed E-state index contributed by atoms with van der Waals surface area (Å²) in [5, 5.41) is 6.45. The zero-order valence-corrected chi connectivity index (χ0v) is 9.96. The molecule has 4 heteroatoms. The molecule has 1 heterocycles. The van der Waals surface area contributed by atoms with E-state index in [0.717, 1.165) is 24.3 Å². The van der Waals surface area contributed by atoms with E-state index < -0.39 is 0 Å². The fourth-order valence-corrected chi connectivity index (χ4v) is 1.22. The summed E-state index contributed by atoms with van der Waals surface area (Å²) in [6.45, 7) is 9.98. The molecule has 1 rings (SSSR count). The van der Waals surface area contributed by atoms with Crippen LogP contribution in [-0.4, -0.2) is 22.6 Å². The minimum Gasteiger partial charge on any atom is -0.354 e. The van der Waals surface area contributed by atoms with Gasteiger partial charge in [-0.2, -0.15) is 0 Å². The minimum absolute atomic E-state index is 0.484. The highest BCUT2D eigenvalue weighted by Gasteiger charge is 2.02. The largest absolute Gasteiger partial charge is 0.354 e. The zero-order valence-electron chi connectivity index (χ0n) is 9.96. The molecule has 1 aromatic heterocycles. The van der Waals surface area contributed by atoms with E-state index >= 15 is 0 Å². The molecule has 0 fully saturated rings. The van der Waals surface area contributed by atoms with Crippen molar-refractivity contribution in [3.8, 4) is 0 Å². The van der Waals surface area contributed by atoms with Gasteiger partial charge in [-0.05, 0) is 13.8 Å². The molecular weight excluding hydrogens is 188 g/mol. The number of aryl methyl sites for hydroxylation is 1. The second-order valence-electron chi connectivity index (χ2n) is 3.87. The van der Waals surface area contributed by atoms with Crippen molar-refractivity contribution in [2.45, 2.75) is 40.3 Å². The Morgan fingerprint density at radius 1 is 1.40 bits per heavy atom. The molecule has 1 aromatic rings. The van der Waals surface area contributed by atoms with E-state index in [-0.39, 0.29) is 0 Å². The summed E-state index contributed by atoms with van der Waals surface area (Å²) in [5.41, 5.74) is 2.19. The van der Waals surface area contributed by atoms with Crippen LogP contribution in [-0.2, 0) is 6.54 Å². The molecule has 0 aliphatic rings. The SMILES string of the molecule is CCNc1ncc(CNC(C)C)c(C)n1. The molecule has 2 N–H and O–H groups in total. The second-order valence-corrected chi connectivity index (χ2v) is 3.87. The van der Waals surface area contributed by atoms with Gasteiger partial charge in [-0.1, -0.05) is 13.8 Å². The summed E-state index contributed by atoms with van der Waals surface area (Å²) in [5.74, 6) is 0.711. The van der Waals surface area contributed by atoms with Crippen molar-refractivity contribution in [1.29, 1.82) is 0 Å². The van der Waals surface area contributed by atoms with Crippen molar-refractivity contribution >= 4 is 5.95 Å². The molecule has 0 amide bonds. The fourth-order valence-electron chi connectivity index (χ4n) is 1.22. The molecule has 0 aliphatic carbocycles. The second kappa shape index (κ2) is 5.66. The highest BCUT2D eigenvalue weighted by molar-refractivity contribution is 5.28. The van der Waals surface area contributed by atoms with Crippen LogP contribution in [0.4, 0.5) is 5.95 Å². The van der Waals surface area contributed by atoms with Gasteiger partial charge in [0, 0.05) is 36.6 Å². The van der Waals surface area contributed by atoms with Crippen LogP contribution in [0.1, 0.15) is 32.0 Å². The van der Waals surface area contributed by atoms with E-state index in [1.807, 2.05) is 20.0 Å². The van der Waals surface area contributed by atoms with Crippen LogP contribution < -0.4 is 10.6 Å². The summed E-state index contributed by atoms with van der Waals surface area (Å²) in [6, 6.07) is 0.484. The Morgan fingerprint density at radius 3 is 2.67 bits per heavy atom. The summed E-state index contributed by atoms with van der Waals surface area (Å²) in [6.07, 6.45) is 1.88. The Bertz CT molecular complexity index is 309. The van der Waals surface area contributed by atoms with Gasteiger partial charge in [0.25, 0.3) is 0 Å². The summed E-state index contributed by atoms with van der Waals surface area (Å²) >= 11 is 0. The van der Waals surface area contributed by atoms with Crippen molar-refractivity contribution in [1.82, 2.24) is 15.3 Å². The number of anilines is 1. The van der Waals surface area contributed by atoms with Crippen LogP contribution in [0, 0.1) is 6.92 Å². The molecule has 0 spiro atoms. The molecule has 4 nitrogen and oxygen atoms in total. The van der Waals surface area contributed by atoms with Crippen LogP contribution in [0.3, 0.4) is 0 Å². The maximum Gasteiger partial charge on any atom is 0.222 e. The first-order chi connectivity index (χ1) is 7.13. The number of aromatic nitrogens is 2. The molecule has 84 valence electrons. The summed E-state index contributed by atoms with van der Waals surface area (Å²) < 4.78 is 0. The number of hydrogen-bond donors (Lipinski definition) is 2. The van der Waals surface area contributed by atoms with Gasteiger partial charge in [0.05, 0.1) is 0 Å². The van der Waals surface area contributed by atoms with E-state index in [1.54, 1.807) is 0 Å². The molecule has 0 saturated heterocycles. The maximum atomic E-state index is 4.38. The molecule has 0 radical (unpaired) electrons. The predicted molar refractivity (Wildman–Crippen MR) is 62.9 cm³/mol. The normalized spacial score (nSPS) is 10.7. The van der Waals surface area contributed by atoms with Gasteiger partial charge in [0.2, 0.25) is 5.95 Å². The molecule has 0 unspecified atom stereocenters. The Hall–Kier alpha value is -1.16. The van der Waals surface area contributed by atoms with Crippen molar-refractivity contribution < 1.29 is 0 Å². The summed E-state index contributed by atoms with van der Waals surface area (Å²) in [7, 11) is 0. The van der Waals surface area contributed by atoms with E-state index in [9.17, 15) is 0 Å². The first-order valence-electron chi connectivity index (χ1n) is 5.43. The summed E-state index contributed by atoms with van der Waals surface area (Å²) in [4.78, 5) is 8.62. The quantitative estimate of drug-likeness (QED) is 0.773. The number of hydrogen-bond acceptors (Lipinski definition) is 4. The first-order valence-corrected chi connectivity index (χ1v) is 5.43. The zero-order chi connectivity index (χ0) is 11.3. The van der Waals surface area contributed by atoms with E-state index in [0.29, 0.717) is 12.0 Å². The van der Waals surface area contributed by atoms with E-state index in [1.165, 1.54) is 0 Å². The maximum absolute atomic E-state index is 4.38. The number of nitrogens with zero attached hydrogens (tertiary/aromatic N) is 2. The van der Waals surface area contributed by atoms with Crippen LogP contribution in [0.5, 0.6) is 0 Å². The average Bonchev–Trinajstić information content (AvgIpc) is 2.17. The van der Waals surface area contributed by atoms with Crippen LogP contribution >= 0.6 is 0 Å². The molecule has 0 bridgehead atoms. The lowest BCUT2D eigenvalue weighted by molar-refractivity contribution is 0.585. The lowest BCUT2D eigenvalue weighted by Gasteiger charge is -2.10.